The summed E-state index contributed by atoms with van der Waals surface area (Å²) in [7, 11) is 1.42. The summed E-state index contributed by atoms with van der Waals surface area (Å²) in [6.45, 7) is 0. The number of carboxylic acids is 1. The van der Waals surface area contributed by atoms with E-state index in [2.05, 4.69) is 0 Å². The second kappa shape index (κ2) is 3.29. The maximum Gasteiger partial charge on any atom is 0.335 e. The zero-order valence-electron chi connectivity index (χ0n) is 7.23. The van der Waals surface area contributed by atoms with Crippen LogP contribution in [0.3, 0.4) is 0 Å². The molecule has 5 nitrogen and oxygen atoms in total. The van der Waals surface area contributed by atoms with Crippen molar-refractivity contribution in [3.8, 4) is 0 Å². The molecular formula is C8H12N2O3. The van der Waals surface area contributed by atoms with Gasteiger partial charge in [0, 0.05) is 7.11 Å². The van der Waals surface area contributed by atoms with Crippen molar-refractivity contribution < 1.29 is 14.6 Å². The van der Waals surface area contributed by atoms with E-state index in [0.717, 1.165) is 0 Å². The molecule has 13 heavy (non-hydrogen) atoms. The van der Waals surface area contributed by atoms with E-state index in [1.807, 2.05) is 0 Å². The molecule has 72 valence electrons. The van der Waals surface area contributed by atoms with E-state index in [9.17, 15) is 4.79 Å². The maximum absolute atomic E-state index is 10.6. The Hall–Kier alpha value is -1.17. The summed E-state index contributed by atoms with van der Waals surface area (Å²) in [6, 6.07) is 0. The topological polar surface area (TPSA) is 98.6 Å². The highest BCUT2D eigenvalue weighted by molar-refractivity contribution is 5.90. The van der Waals surface area contributed by atoms with Gasteiger partial charge in [0.25, 0.3) is 0 Å². The van der Waals surface area contributed by atoms with Crippen LogP contribution in [-0.4, -0.2) is 30.0 Å². The van der Waals surface area contributed by atoms with E-state index in [-0.39, 0.29) is 5.57 Å². The monoisotopic (exact) mass is 184 g/mol. The highest BCUT2D eigenvalue weighted by Gasteiger charge is 2.30. The lowest BCUT2D eigenvalue weighted by Gasteiger charge is -2.30. The van der Waals surface area contributed by atoms with E-state index in [1.54, 1.807) is 0 Å². The largest absolute Gasteiger partial charge is 0.478 e. The molecule has 0 heterocycles. The fraction of sp³-hybridized carbons (Fsp3) is 0.375. The summed E-state index contributed by atoms with van der Waals surface area (Å²) >= 11 is 0. The van der Waals surface area contributed by atoms with Crippen molar-refractivity contribution in [2.75, 3.05) is 7.11 Å². The standard InChI is InChI=1S/C8H12N2O3/c1-13-6-4-5(7(11)12)2-3-8(6,9)10/h2-4,6H,9-10H2,1H3,(H,11,12). The van der Waals surface area contributed by atoms with Gasteiger partial charge in [-0.1, -0.05) is 0 Å². The summed E-state index contributed by atoms with van der Waals surface area (Å²) in [6.07, 6.45) is 3.58. The first-order chi connectivity index (χ1) is 5.97. The summed E-state index contributed by atoms with van der Waals surface area (Å²) in [5, 5.41) is 8.67. The zero-order chi connectivity index (χ0) is 10.1. The average Bonchev–Trinajstić information content (AvgIpc) is 2.03. The van der Waals surface area contributed by atoms with Gasteiger partial charge in [0.15, 0.2) is 0 Å². The summed E-state index contributed by atoms with van der Waals surface area (Å²) < 4.78 is 4.95. The lowest BCUT2D eigenvalue weighted by molar-refractivity contribution is -0.132. The van der Waals surface area contributed by atoms with Gasteiger partial charge in [0.1, 0.15) is 11.8 Å². The summed E-state index contributed by atoms with van der Waals surface area (Å²) in [5.41, 5.74) is 10.3. The Morgan fingerprint density at radius 1 is 1.69 bits per heavy atom. The molecule has 1 aliphatic carbocycles. The van der Waals surface area contributed by atoms with Gasteiger partial charge in [-0.15, -0.1) is 0 Å². The highest BCUT2D eigenvalue weighted by atomic mass is 16.5. The minimum absolute atomic E-state index is 0.137. The fourth-order valence-corrected chi connectivity index (χ4v) is 1.11. The predicted molar refractivity (Wildman–Crippen MR) is 46.8 cm³/mol. The maximum atomic E-state index is 10.6. The SMILES string of the molecule is COC1C=C(C(=O)O)C=CC1(N)N. The first-order valence-corrected chi connectivity index (χ1v) is 3.72. The van der Waals surface area contributed by atoms with Gasteiger partial charge < -0.3 is 21.3 Å². The Bertz CT molecular complexity index is 281. The molecule has 0 spiro atoms. The van der Waals surface area contributed by atoms with Gasteiger partial charge in [0.2, 0.25) is 0 Å². The smallest absolute Gasteiger partial charge is 0.335 e. The second-order valence-electron chi connectivity index (χ2n) is 2.92. The summed E-state index contributed by atoms with van der Waals surface area (Å²) in [5.74, 6) is -1.02. The first-order valence-electron chi connectivity index (χ1n) is 3.72. The molecule has 1 rings (SSSR count). The van der Waals surface area contributed by atoms with Crippen molar-refractivity contribution in [1.29, 1.82) is 0 Å². The van der Waals surface area contributed by atoms with Crippen molar-refractivity contribution >= 4 is 5.97 Å². The molecule has 0 aromatic rings. The molecule has 0 saturated carbocycles. The molecule has 0 bridgehead atoms. The molecule has 0 aromatic heterocycles. The molecule has 0 radical (unpaired) electrons. The molecule has 0 fully saturated rings. The minimum atomic E-state index is -1.13. The van der Waals surface area contributed by atoms with Crippen LogP contribution in [0.2, 0.25) is 0 Å². The van der Waals surface area contributed by atoms with E-state index >= 15 is 0 Å². The van der Waals surface area contributed by atoms with E-state index in [1.165, 1.54) is 25.3 Å². The van der Waals surface area contributed by atoms with Gasteiger partial charge >= 0.3 is 5.97 Å². The number of nitrogens with two attached hydrogens (primary N) is 2. The van der Waals surface area contributed by atoms with E-state index in [0.29, 0.717) is 0 Å². The fourth-order valence-electron chi connectivity index (χ4n) is 1.11. The predicted octanol–water partition coefficient (Wildman–Crippen LogP) is -0.804. The van der Waals surface area contributed by atoms with Gasteiger partial charge in [-0.05, 0) is 18.2 Å². The number of carbonyl (C=O) groups is 1. The molecule has 0 amide bonds. The quantitative estimate of drug-likeness (QED) is 0.488. The van der Waals surface area contributed by atoms with Crippen molar-refractivity contribution in [2.45, 2.75) is 11.8 Å². The molecule has 5 heteroatoms. The van der Waals surface area contributed by atoms with Gasteiger partial charge in [0.05, 0.1) is 5.57 Å². The Balaban J connectivity index is 2.93. The first kappa shape index (κ1) is 9.91. The zero-order valence-corrected chi connectivity index (χ0v) is 7.23. The third-order valence-electron chi connectivity index (χ3n) is 1.88. The van der Waals surface area contributed by atoms with Crippen molar-refractivity contribution in [3.05, 3.63) is 23.8 Å². The van der Waals surface area contributed by atoms with Gasteiger partial charge in [-0.25, -0.2) is 4.79 Å². The Morgan fingerprint density at radius 3 is 2.77 bits per heavy atom. The molecule has 1 unspecified atom stereocenters. The second-order valence-corrected chi connectivity index (χ2v) is 2.92. The lowest BCUT2D eigenvalue weighted by atomic mass is 9.95. The third-order valence-corrected chi connectivity index (χ3v) is 1.88. The Labute approximate surface area is 75.7 Å². The Kier molecular flexibility index (Phi) is 2.51. The van der Waals surface area contributed by atoms with Crippen molar-refractivity contribution in [2.24, 2.45) is 11.5 Å². The highest BCUT2D eigenvalue weighted by Crippen LogP contribution is 2.17. The number of ether oxygens (including phenoxy) is 1. The van der Waals surface area contributed by atoms with Crippen LogP contribution in [0.25, 0.3) is 0 Å². The molecule has 0 saturated heterocycles. The van der Waals surface area contributed by atoms with Gasteiger partial charge in [-0.3, -0.25) is 0 Å². The number of rotatable bonds is 2. The van der Waals surface area contributed by atoms with Crippen LogP contribution in [-0.2, 0) is 9.53 Å². The van der Waals surface area contributed by atoms with E-state index < -0.39 is 17.7 Å². The van der Waals surface area contributed by atoms with Crippen LogP contribution in [0.4, 0.5) is 0 Å². The number of hydrogen-bond acceptors (Lipinski definition) is 4. The number of hydrogen-bond donors (Lipinski definition) is 3. The third kappa shape index (κ3) is 1.95. The molecule has 0 aliphatic heterocycles. The van der Waals surface area contributed by atoms with E-state index in [4.69, 9.17) is 21.3 Å². The van der Waals surface area contributed by atoms with Crippen LogP contribution in [0.1, 0.15) is 0 Å². The number of methoxy groups -OCH3 is 1. The number of carboxylic acid groups (broad SMARTS) is 1. The Morgan fingerprint density at radius 2 is 2.31 bits per heavy atom. The summed E-state index contributed by atoms with van der Waals surface area (Å²) in [4.78, 5) is 10.6. The van der Waals surface area contributed by atoms with Crippen molar-refractivity contribution in [1.82, 2.24) is 0 Å². The minimum Gasteiger partial charge on any atom is -0.478 e. The molecule has 0 aromatic carbocycles. The van der Waals surface area contributed by atoms with Crippen LogP contribution < -0.4 is 11.5 Å². The molecule has 1 atom stereocenters. The van der Waals surface area contributed by atoms with Crippen LogP contribution in [0, 0.1) is 0 Å². The normalized spacial score (nSPS) is 25.5. The lowest BCUT2D eigenvalue weighted by Crippen LogP contribution is -2.58. The van der Waals surface area contributed by atoms with Crippen LogP contribution in [0.5, 0.6) is 0 Å². The number of aliphatic carboxylic acids is 1. The molecule has 1 aliphatic rings. The average molecular weight is 184 g/mol. The van der Waals surface area contributed by atoms with Crippen LogP contribution in [0.15, 0.2) is 23.8 Å². The van der Waals surface area contributed by atoms with Crippen LogP contribution >= 0.6 is 0 Å². The van der Waals surface area contributed by atoms with Gasteiger partial charge in [-0.2, -0.15) is 0 Å². The van der Waals surface area contributed by atoms with Crippen molar-refractivity contribution in [3.63, 3.8) is 0 Å². The molecule has 5 N–H and O–H groups in total. The molecular weight excluding hydrogens is 172 g/mol.